The zero-order valence-electron chi connectivity index (χ0n) is 17.4. The van der Waals surface area contributed by atoms with E-state index < -0.39 is 10.0 Å². The second kappa shape index (κ2) is 9.47. The molecule has 2 aromatic carbocycles. The first-order valence-electron chi connectivity index (χ1n) is 9.96. The summed E-state index contributed by atoms with van der Waals surface area (Å²) in [4.78, 5) is 12.7. The molecule has 6 nitrogen and oxygen atoms in total. The lowest BCUT2D eigenvalue weighted by Gasteiger charge is -2.18. The van der Waals surface area contributed by atoms with Gasteiger partial charge in [-0.15, -0.1) is 0 Å². The van der Waals surface area contributed by atoms with Crippen molar-refractivity contribution >= 4 is 27.5 Å². The topological polar surface area (TPSA) is 84.5 Å². The molecule has 1 heterocycles. The van der Waals surface area contributed by atoms with Crippen LogP contribution in [0.3, 0.4) is 0 Å². The molecule has 8 heteroatoms. The quantitative estimate of drug-likeness (QED) is 0.669. The lowest BCUT2D eigenvalue weighted by Crippen LogP contribution is -2.32. The second-order valence-electron chi connectivity index (χ2n) is 7.69. The zero-order valence-corrected chi connectivity index (χ0v) is 18.9. The van der Waals surface area contributed by atoms with Gasteiger partial charge in [-0.2, -0.15) is 0 Å². The summed E-state index contributed by atoms with van der Waals surface area (Å²) in [5.74, 6) is -0.365. The van der Waals surface area contributed by atoms with E-state index in [1.807, 2.05) is 39.0 Å². The molecule has 0 aromatic heterocycles. The molecule has 2 aromatic rings. The minimum Gasteiger partial charge on any atom is -0.377 e. The maximum Gasteiger partial charge on any atom is 0.251 e. The number of nitrogens with one attached hydrogen (secondary N) is 2. The molecule has 0 bridgehead atoms. The molecular weight excluding hydrogens is 424 g/mol. The van der Waals surface area contributed by atoms with Crippen LogP contribution in [0.4, 0.5) is 0 Å². The summed E-state index contributed by atoms with van der Waals surface area (Å²) in [5.41, 5.74) is 3.43. The first-order chi connectivity index (χ1) is 14.2. The van der Waals surface area contributed by atoms with E-state index in [1.165, 1.54) is 18.2 Å². The molecule has 2 unspecified atom stereocenters. The van der Waals surface area contributed by atoms with Crippen molar-refractivity contribution in [2.45, 2.75) is 50.7 Å². The largest absolute Gasteiger partial charge is 0.377 e. The Morgan fingerprint density at radius 1 is 1.23 bits per heavy atom. The Bertz CT molecular complexity index is 1030. The van der Waals surface area contributed by atoms with Gasteiger partial charge in [0, 0.05) is 18.7 Å². The maximum absolute atomic E-state index is 12.8. The van der Waals surface area contributed by atoms with Crippen LogP contribution in [0.2, 0.25) is 5.02 Å². The van der Waals surface area contributed by atoms with E-state index in [0.717, 1.165) is 29.5 Å². The van der Waals surface area contributed by atoms with Gasteiger partial charge in [0.2, 0.25) is 10.0 Å². The number of halogens is 1. The number of ether oxygens (including phenoxy) is 1. The third-order valence-electron chi connectivity index (χ3n) is 5.26. The minimum atomic E-state index is -3.87. The van der Waals surface area contributed by atoms with Crippen molar-refractivity contribution in [3.05, 3.63) is 63.7 Å². The van der Waals surface area contributed by atoms with Crippen molar-refractivity contribution in [3.8, 4) is 0 Å². The van der Waals surface area contributed by atoms with Crippen LogP contribution >= 0.6 is 11.6 Å². The molecule has 0 spiro atoms. The van der Waals surface area contributed by atoms with Crippen LogP contribution in [-0.2, 0) is 14.8 Å². The highest BCUT2D eigenvalue weighted by Gasteiger charge is 2.24. The lowest BCUT2D eigenvalue weighted by atomic mass is 10.00. The van der Waals surface area contributed by atoms with Crippen LogP contribution in [-0.4, -0.2) is 33.6 Å². The summed E-state index contributed by atoms with van der Waals surface area (Å²) in [6.07, 6.45) is 1.60. The van der Waals surface area contributed by atoms with Crippen molar-refractivity contribution in [1.29, 1.82) is 0 Å². The average Bonchev–Trinajstić information content (AvgIpc) is 3.22. The molecule has 1 aliphatic heterocycles. The van der Waals surface area contributed by atoms with Crippen molar-refractivity contribution in [2.24, 2.45) is 0 Å². The van der Waals surface area contributed by atoms with Gasteiger partial charge in [-0.3, -0.25) is 4.79 Å². The van der Waals surface area contributed by atoms with Crippen LogP contribution in [0.15, 0.2) is 41.3 Å². The number of benzene rings is 2. The molecule has 162 valence electrons. The van der Waals surface area contributed by atoms with Crippen LogP contribution in [0.25, 0.3) is 0 Å². The number of hydrogen-bond donors (Lipinski definition) is 2. The first-order valence-corrected chi connectivity index (χ1v) is 11.8. The van der Waals surface area contributed by atoms with E-state index in [-0.39, 0.29) is 40.1 Å². The van der Waals surface area contributed by atoms with Crippen molar-refractivity contribution in [3.63, 3.8) is 0 Å². The van der Waals surface area contributed by atoms with Gasteiger partial charge < -0.3 is 10.1 Å². The monoisotopic (exact) mass is 450 g/mol. The summed E-state index contributed by atoms with van der Waals surface area (Å²) in [7, 11) is -3.87. The van der Waals surface area contributed by atoms with E-state index in [9.17, 15) is 13.2 Å². The normalized spacial score (nSPS) is 17.7. The third-order valence-corrected chi connectivity index (χ3v) is 7.16. The summed E-state index contributed by atoms with van der Waals surface area (Å²) < 4.78 is 33.4. The number of hydrogen-bond acceptors (Lipinski definition) is 4. The van der Waals surface area contributed by atoms with Crippen LogP contribution in [0, 0.1) is 13.8 Å². The second-order valence-corrected chi connectivity index (χ2v) is 9.83. The van der Waals surface area contributed by atoms with Gasteiger partial charge in [-0.05, 0) is 62.9 Å². The fourth-order valence-electron chi connectivity index (χ4n) is 3.52. The van der Waals surface area contributed by atoms with E-state index in [2.05, 4.69) is 10.0 Å². The highest BCUT2D eigenvalue weighted by atomic mass is 35.5. The van der Waals surface area contributed by atoms with Crippen LogP contribution < -0.4 is 10.0 Å². The fraction of sp³-hybridized carbons (Fsp3) is 0.409. The number of rotatable bonds is 7. The first kappa shape index (κ1) is 22.7. The smallest absolute Gasteiger partial charge is 0.251 e. The minimum absolute atomic E-state index is 0.0639. The van der Waals surface area contributed by atoms with Gasteiger partial charge in [0.05, 0.1) is 17.2 Å². The number of amides is 1. The molecule has 2 N–H and O–H groups in total. The number of sulfonamides is 1. The SMILES string of the molecule is Cc1ccc(C)c(C(C)NC(=O)c2ccc(Cl)c(S(=O)(=O)NCC3CCCO3)c2)c1. The molecule has 2 atom stereocenters. The summed E-state index contributed by atoms with van der Waals surface area (Å²) in [6, 6.07) is 10.1. The number of carbonyl (C=O) groups excluding carboxylic acids is 1. The standard InChI is InChI=1S/C22H27ClN2O4S/c1-14-6-7-15(2)19(11-14)16(3)25-22(26)17-8-9-20(23)21(12-17)30(27,28)24-13-18-5-4-10-29-18/h6-9,11-12,16,18,24H,4-5,10,13H2,1-3H3,(H,25,26). The predicted octanol–water partition coefficient (Wildman–Crippen LogP) is 3.91. The summed E-state index contributed by atoms with van der Waals surface area (Å²) in [5, 5.41) is 3.00. The van der Waals surface area contributed by atoms with E-state index in [4.69, 9.17) is 16.3 Å². The zero-order chi connectivity index (χ0) is 21.9. The Hall–Kier alpha value is -1.93. The van der Waals surface area contributed by atoms with Crippen molar-refractivity contribution in [1.82, 2.24) is 10.0 Å². The Morgan fingerprint density at radius 2 is 2.00 bits per heavy atom. The molecule has 1 amide bonds. The van der Waals surface area contributed by atoms with E-state index in [1.54, 1.807) is 0 Å². The Kier molecular flexibility index (Phi) is 7.18. The van der Waals surface area contributed by atoms with Gasteiger partial charge in [-0.1, -0.05) is 35.4 Å². The average molecular weight is 451 g/mol. The van der Waals surface area contributed by atoms with Gasteiger partial charge in [0.25, 0.3) is 5.91 Å². The van der Waals surface area contributed by atoms with Crippen molar-refractivity contribution < 1.29 is 17.9 Å². The molecule has 1 fully saturated rings. The molecule has 0 aliphatic carbocycles. The molecular formula is C22H27ClN2O4S. The van der Waals surface area contributed by atoms with Gasteiger partial charge in [0.15, 0.2) is 0 Å². The molecule has 30 heavy (non-hydrogen) atoms. The molecule has 0 radical (unpaired) electrons. The molecule has 0 saturated carbocycles. The molecule has 3 rings (SSSR count). The van der Waals surface area contributed by atoms with Crippen LogP contribution in [0.5, 0.6) is 0 Å². The van der Waals surface area contributed by atoms with E-state index >= 15 is 0 Å². The maximum atomic E-state index is 12.8. The highest BCUT2D eigenvalue weighted by molar-refractivity contribution is 7.89. The van der Waals surface area contributed by atoms with Gasteiger partial charge >= 0.3 is 0 Å². The number of aryl methyl sites for hydroxylation is 2. The predicted molar refractivity (Wildman–Crippen MR) is 117 cm³/mol. The van der Waals surface area contributed by atoms with Crippen LogP contribution in [0.1, 0.15) is 52.9 Å². The number of carbonyl (C=O) groups is 1. The Balaban J connectivity index is 1.76. The fourth-order valence-corrected chi connectivity index (χ4v) is 5.11. The van der Waals surface area contributed by atoms with Gasteiger partial charge in [0.1, 0.15) is 4.90 Å². The molecule has 1 saturated heterocycles. The Morgan fingerprint density at radius 3 is 2.70 bits per heavy atom. The summed E-state index contributed by atoms with van der Waals surface area (Å²) >= 11 is 6.14. The third kappa shape index (κ3) is 5.40. The molecule has 1 aliphatic rings. The highest BCUT2D eigenvalue weighted by Crippen LogP contribution is 2.24. The van der Waals surface area contributed by atoms with E-state index in [0.29, 0.717) is 6.61 Å². The van der Waals surface area contributed by atoms with Gasteiger partial charge in [-0.25, -0.2) is 13.1 Å². The lowest BCUT2D eigenvalue weighted by molar-refractivity contribution is 0.0939. The van der Waals surface area contributed by atoms with Crippen molar-refractivity contribution in [2.75, 3.05) is 13.2 Å². The summed E-state index contributed by atoms with van der Waals surface area (Å²) in [6.45, 7) is 6.71. The Labute approximate surface area is 183 Å².